The number of aromatic nitrogens is 4. The Bertz CT molecular complexity index is 720. The van der Waals surface area contributed by atoms with Crippen LogP contribution in [0.5, 0.6) is 0 Å². The van der Waals surface area contributed by atoms with E-state index in [1.165, 1.54) is 5.56 Å². The van der Waals surface area contributed by atoms with Crippen molar-refractivity contribution in [3.05, 3.63) is 35.2 Å². The van der Waals surface area contributed by atoms with Crippen molar-refractivity contribution in [1.82, 2.24) is 30.0 Å². The number of hydrogen-bond acceptors (Lipinski definition) is 3. The Balaban J connectivity index is 1.57. The molecule has 0 aliphatic carbocycles. The molecular weight excluding hydrogens is 316 g/mol. The van der Waals surface area contributed by atoms with Gasteiger partial charge in [-0.15, -0.1) is 0 Å². The van der Waals surface area contributed by atoms with E-state index < -0.39 is 0 Å². The first kappa shape index (κ1) is 17.5. The number of nitrogens with zero attached hydrogens (tertiary/aromatic N) is 4. The number of carbonyl (C=O) groups excluding carboxylic acids is 1. The minimum atomic E-state index is 0.0166. The molecule has 0 spiro atoms. The number of imidazole rings is 1. The lowest BCUT2D eigenvalue weighted by molar-refractivity contribution is 0.175. The standard InChI is InChI=1S/C18H28N6O/c1-12(10-16-13(2)22-23(4)14(16)3)21-18(25)24-9-5-6-15(11-24)17-19-7-8-20-17/h7-8,12,15H,5-6,9-11H2,1-4H3,(H,19,20)(H,21,25)/t12-,15-/m0/s1. The van der Waals surface area contributed by atoms with Gasteiger partial charge in [-0.05, 0) is 45.6 Å². The van der Waals surface area contributed by atoms with Gasteiger partial charge < -0.3 is 15.2 Å². The molecule has 0 bridgehead atoms. The van der Waals surface area contributed by atoms with Gasteiger partial charge in [0.2, 0.25) is 0 Å². The summed E-state index contributed by atoms with van der Waals surface area (Å²) in [6.45, 7) is 7.67. The average molecular weight is 344 g/mol. The third-order valence-corrected chi connectivity index (χ3v) is 5.15. The largest absolute Gasteiger partial charge is 0.348 e. The van der Waals surface area contributed by atoms with Gasteiger partial charge in [0.05, 0.1) is 5.69 Å². The minimum Gasteiger partial charge on any atom is -0.348 e. The summed E-state index contributed by atoms with van der Waals surface area (Å²) < 4.78 is 1.90. The van der Waals surface area contributed by atoms with E-state index in [1.54, 1.807) is 6.20 Å². The predicted molar refractivity (Wildman–Crippen MR) is 96.5 cm³/mol. The predicted octanol–water partition coefficient (Wildman–Crippen LogP) is 2.28. The number of piperidine rings is 1. The van der Waals surface area contributed by atoms with Crippen molar-refractivity contribution in [1.29, 1.82) is 0 Å². The molecule has 0 radical (unpaired) electrons. The number of aromatic amines is 1. The minimum absolute atomic E-state index is 0.0166. The van der Waals surface area contributed by atoms with Crippen molar-refractivity contribution in [3.8, 4) is 0 Å². The molecule has 2 aromatic rings. The molecule has 136 valence electrons. The molecule has 0 unspecified atom stereocenters. The van der Waals surface area contributed by atoms with Crippen LogP contribution >= 0.6 is 0 Å². The van der Waals surface area contributed by atoms with Gasteiger partial charge in [0.1, 0.15) is 5.82 Å². The van der Waals surface area contributed by atoms with Crippen LogP contribution in [0.25, 0.3) is 0 Å². The zero-order valence-electron chi connectivity index (χ0n) is 15.5. The van der Waals surface area contributed by atoms with Crippen LogP contribution in [0.2, 0.25) is 0 Å². The maximum absolute atomic E-state index is 12.7. The lowest BCUT2D eigenvalue weighted by Crippen LogP contribution is -2.48. The highest BCUT2D eigenvalue weighted by Crippen LogP contribution is 2.24. The summed E-state index contributed by atoms with van der Waals surface area (Å²) in [6, 6.07) is 0.0843. The second kappa shape index (κ2) is 7.29. The number of hydrogen-bond donors (Lipinski definition) is 2. The van der Waals surface area contributed by atoms with Gasteiger partial charge in [0, 0.05) is 50.2 Å². The smallest absolute Gasteiger partial charge is 0.317 e. The number of urea groups is 1. The van der Waals surface area contributed by atoms with E-state index in [2.05, 4.69) is 34.2 Å². The van der Waals surface area contributed by atoms with Crippen molar-refractivity contribution in [2.45, 2.75) is 52.0 Å². The van der Waals surface area contributed by atoms with Crippen LogP contribution in [0.15, 0.2) is 12.4 Å². The molecule has 2 aromatic heterocycles. The monoisotopic (exact) mass is 344 g/mol. The van der Waals surface area contributed by atoms with E-state index in [0.717, 1.165) is 49.6 Å². The highest BCUT2D eigenvalue weighted by Gasteiger charge is 2.27. The van der Waals surface area contributed by atoms with Crippen molar-refractivity contribution in [2.75, 3.05) is 13.1 Å². The first-order valence-electron chi connectivity index (χ1n) is 8.99. The van der Waals surface area contributed by atoms with Gasteiger partial charge in [-0.25, -0.2) is 9.78 Å². The summed E-state index contributed by atoms with van der Waals surface area (Å²) in [4.78, 5) is 22.1. The number of likely N-dealkylation sites (tertiary alicyclic amines) is 1. The molecule has 7 heteroatoms. The second-order valence-corrected chi connectivity index (χ2v) is 7.09. The van der Waals surface area contributed by atoms with E-state index in [9.17, 15) is 4.79 Å². The van der Waals surface area contributed by atoms with Crippen LogP contribution in [0.3, 0.4) is 0 Å². The van der Waals surface area contributed by atoms with E-state index in [0.29, 0.717) is 5.92 Å². The summed E-state index contributed by atoms with van der Waals surface area (Å²) in [6.07, 6.45) is 6.49. The van der Waals surface area contributed by atoms with Gasteiger partial charge in [-0.1, -0.05) is 0 Å². The van der Waals surface area contributed by atoms with E-state index in [1.807, 2.05) is 29.7 Å². The van der Waals surface area contributed by atoms with Crippen molar-refractivity contribution < 1.29 is 4.79 Å². The first-order chi connectivity index (χ1) is 12.0. The number of amides is 2. The fraction of sp³-hybridized carbons (Fsp3) is 0.611. The van der Waals surface area contributed by atoms with Gasteiger partial charge in [-0.3, -0.25) is 4.68 Å². The van der Waals surface area contributed by atoms with Crippen molar-refractivity contribution >= 4 is 6.03 Å². The molecule has 0 saturated carbocycles. The van der Waals surface area contributed by atoms with Crippen LogP contribution in [0.4, 0.5) is 4.79 Å². The van der Waals surface area contributed by atoms with Gasteiger partial charge in [0.25, 0.3) is 0 Å². The molecule has 3 rings (SSSR count). The number of H-pyrrole nitrogens is 1. The summed E-state index contributed by atoms with van der Waals surface area (Å²) in [5, 5.41) is 7.60. The van der Waals surface area contributed by atoms with E-state index in [4.69, 9.17) is 0 Å². The Kier molecular flexibility index (Phi) is 5.11. The third kappa shape index (κ3) is 3.86. The fourth-order valence-electron chi connectivity index (χ4n) is 3.66. The molecule has 2 amide bonds. The van der Waals surface area contributed by atoms with E-state index in [-0.39, 0.29) is 12.1 Å². The van der Waals surface area contributed by atoms with Crippen LogP contribution < -0.4 is 5.32 Å². The van der Waals surface area contributed by atoms with Gasteiger partial charge in [-0.2, -0.15) is 5.10 Å². The highest BCUT2D eigenvalue weighted by molar-refractivity contribution is 5.74. The van der Waals surface area contributed by atoms with Crippen molar-refractivity contribution in [3.63, 3.8) is 0 Å². The molecule has 1 aliphatic heterocycles. The summed E-state index contributed by atoms with van der Waals surface area (Å²) in [5.41, 5.74) is 3.42. The molecule has 1 fully saturated rings. The molecule has 25 heavy (non-hydrogen) atoms. The molecule has 0 aromatic carbocycles. The first-order valence-corrected chi connectivity index (χ1v) is 8.99. The highest BCUT2D eigenvalue weighted by atomic mass is 16.2. The molecule has 2 atom stereocenters. The zero-order valence-corrected chi connectivity index (χ0v) is 15.5. The summed E-state index contributed by atoms with van der Waals surface area (Å²) in [7, 11) is 1.96. The fourth-order valence-corrected chi connectivity index (χ4v) is 3.66. The Morgan fingerprint density at radius 2 is 2.28 bits per heavy atom. The summed E-state index contributed by atoms with van der Waals surface area (Å²) >= 11 is 0. The number of aryl methyl sites for hydroxylation is 2. The number of rotatable bonds is 4. The Hall–Kier alpha value is -2.31. The maximum atomic E-state index is 12.7. The quantitative estimate of drug-likeness (QED) is 0.893. The second-order valence-electron chi connectivity index (χ2n) is 7.09. The third-order valence-electron chi connectivity index (χ3n) is 5.15. The van der Waals surface area contributed by atoms with Crippen LogP contribution in [-0.4, -0.2) is 49.8 Å². The van der Waals surface area contributed by atoms with E-state index >= 15 is 0 Å². The normalized spacial score (nSPS) is 19.0. The molecule has 1 saturated heterocycles. The van der Waals surface area contributed by atoms with Gasteiger partial charge in [0.15, 0.2) is 0 Å². The number of nitrogens with one attached hydrogen (secondary N) is 2. The Morgan fingerprint density at radius 3 is 2.92 bits per heavy atom. The SMILES string of the molecule is Cc1nn(C)c(C)c1C[C@H](C)NC(=O)N1CCC[C@H](c2ncc[nH]2)C1. The zero-order chi connectivity index (χ0) is 18.0. The maximum Gasteiger partial charge on any atom is 0.317 e. The summed E-state index contributed by atoms with van der Waals surface area (Å²) in [5.74, 6) is 1.28. The average Bonchev–Trinajstić information content (AvgIpc) is 3.20. The molecule has 1 aliphatic rings. The topological polar surface area (TPSA) is 78.8 Å². The van der Waals surface area contributed by atoms with Crippen LogP contribution in [0.1, 0.15) is 48.5 Å². The number of carbonyl (C=O) groups is 1. The van der Waals surface area contributed by atoms with Gasteiger partial charge >= 0.3 is 6.03 Å². The van der Waals surface area contributed by atoms with Crippen LogP contribution in [-0.2, 0) is 13.5 Å². The lowest BCUT2D eigenvalue weighted by Gasteiger charge is -2.32. The van der Waals surface area contributed by atoms with Crippen LogP contribution in [0, 0.1) is 13.8 Å². The Morgan fingerprint density at radius 1 is 1.48 bits per heavy atom. The molecule has 2 N–H and O–H groups in total. The lowest BCUT2D eigenvalue weighted by atomic mass is 9.97. The molecular formula is C18H28N6O. The van der Waals surface area contributed by atoms with Crippen molar-refractivity contribution in [2.24, 2.45) is 7.05 Å². The molecule has 3 heterocycles. The Labute approximate surface area is 148 Å². The molecule has 7 nitrogen and oxygen atoms in total.